The molecule has 5 heteroatoms. The van der Waals surface area contributed by atoms with Crippen LogP contribution in [0.4, 0.5) is 0 Å². The molecule has 0 atom stereocenters. The molecule has 0 aliphatic rings. The van der Waals surface area contributed by atoms with E-state index in [0.29, 0.717) is 12.1 Å². The zero-order valence-corrected chi connectivity index (χ0v) is 8.47. The van der Waals surface area contributed by atoms with E-state index in [4.69, 9.17) is 9.52 Å². The molecule has 0 spiro atoms. The standard InChI is InChI=1S/C10H13NO4/c1-2-4-11(6-9(12)13)10(14)8-3-5-15-7-8/h3,5,7H,2,4,6H2,1H3,(H,12,13). The highest BCUT2D eigenvalue weighted by atomic mass is 16.4. The van der Waals surface area contributed by atoms with Crippen LogP contribution in [-0.2, 0) is 4.79 Å². The molecule has 1 amide bonds. The molecule has 82 valence electrons. The summed E-state index contributed by atoms with van der Waals surface area (Å²) in [5, 5.41) is 8.64. The molecule has 15 heavy (non-hydrogen) atoms. The maximum atomic E-state index is 11.7. The highest BCUT2D eigenvalue weighted by Crippen LogP contribution is 2.06. The first-order valence-electron chi connectivity index (χ1n) is 4.68. The second-order valence-electron chi connectivity index (χ2n) is 3.13. The fourth-order valence-electron chi connectivity index (χ4n) is 1.25. The molecule has 0 fully saturated rings. The SMILES string of the molecule is CCCN(CC(=O)O)C(=O)c1ccoc1. The molecule has 1 aromatic rings. The maximum absolute atomic E-state index is 11.7. The third kappa shape index (κ3) is 3.12. The van der Waals surface area contributed by atoms with Gasteiger partial charge in [0.1, 0.15) is 12.8 Å². The number of aliphatic carboxylic acids is 1. The minimum atomic E-state index is -1.01. The number of furan rings is 1. The molecule has 0 bridgehead atoms. The Bertz CT molecular complexity index is 331. The molecule has 0 aliphatic heterocycles. The lowest BCUT2D eigenvalue weighted by Gasteiger charge is -2.18. The smallest absolute Gasteiger partial charge is 0.323 e. The summed E-state index contributed by atoms with van der Waals surface area (Å²) in [6, 6.07) is 1.52. The molecule has 0 radical (unpaired) electrons. The van der Waals surface area contributed by atoms with Crippen LogP contribution in [-0.4, -0.2) is 35.0 Å². The van der Waals surface area contributed by atoms with Crippen LogP contribution < -0.4 is 0 Å². The van der Waals surface area contributed by atoms with E-state index in [1.165, 1.54) is 23.5 Å². The summed E-state index contributed by atoms with van der Waals surface area (Å²) in [6.45, 7) is 2.03. The maximum Gasteiger partial charge on any atom is 0.323 e. The van der Waals surface area contributed by atoms with Crippen molar-refractivity contribution in [2.24, 2.45) is 0 Å². The minimum Gasteiger partial charge on any atom is -0.480 e. The van der Waals surface area contributed by atoms with Crippen molar-refractivity contribution in [3.8, 4) is 0 Å². The van der Waals surface area contributed by atoms with Gasteiger partial charge in [-0.2, -0.15) is 0 Å². The van der Waals surface area contributed by atoms with Crippen LogP contribution in [0.15, 0.2) is 23.0 Å². The fourth-order valence-corrected chi connectivity index (χ4v) is 1.25. The lowest BCUT2D eigenvalue weighted by atomic mass is 10.2. The number of nitrogens with zero attached hydrogens (tertiary/aromatic N) is 1. The van der Waals surface area contributed by atoms with E-state index in [9.17, 15) is 9.59 Å². The molecule has 5 nitrogen and oxygen atoms in total. The van der Waals surface area contributed by atoms with Gasteiger partial charge in [-0.25, -0.2) is 0 Å². The van der Waals surface area contributed by atoms with Gasteiger partial charge in [-0.05, 0) is 12.5 Å². The zero-order chi connectivity index (χ0) is 11.3. The van der Waals surface area contributed by atoms with Gasteiger partial charge in [-0.3, -0.25) is 9.59 Å². The van der Waals surface area contributed by atoms with E-state index >= 15 is 0 Å². The zero-order valence-electron chi connectivity index (χ0n) is 8.47. The van der Waals surface area contributed by atoms with Gasteiger partial charge in [0.15, 0.2) is 0 Å². The molecule has 0 saturated carbocycles. The van der Waals surface area contributed by atoms with Gasteiger partial charge in [0.2, 0.25) is 0 Å². The number of amides is 1. The summed E-state index contributed by atoms with van der Waals surface area (Å²) >= 11 is 0. The number of hydrogen-bond donors (Lipinski definition) is 1. The molecule has 1 N–H and O–H groups in total. The Kier molecular flexibility index (Phi) is 3.91. The normalized spacial score (nSPS) is 9.93. The fraction of sp³-hybridized carbons (Fsp3) is 0.400. The summed E-state index contributed by atoms with van der Waals surface area (Å²) in [5.74, 6) is -1.33. The van der Waals surface area contributed by atoms with Gasteiger partial charge >= 0.3 is 5.97 Å². The average Bonchev–Trinajstić information content (AvgIpc) is 2.68. The Morgan fingerprint density at radius 2 is 2.27 bits per heavy atom. The second-order valence-corrected chi connectivity index (χ2v) is 3.13. The van der Waals surface area contributed by atoms with E-state index in [-0.39, 0.29) is 12.5 Å². The summed E-state index contributed by atoms with van der Waals surface area (Å²) in [7, 11) is 0. The third-order valence-corrected chi connectivity index (χ3v) is 1.87. The predicted octanol–water partition coefficient (Wildman–Crippen LogP) is 1.22. The highest BCUT2D eigenvalue weighted by molar-refractivity contribution is 5.95. The Morgan fingerprint density at radius 3 is 2.73 bits per heavy atom. The molecule has 0 aromatic carbocycles. The molecule has 1 heterocycles. The third-order valence-electron chi connectivity index (χ3n) is 1.87. The van der Waals surface area contributed by atoms with Crippen LogP contribution in [0.1, 0.15) is 23.7 Å². The van der Waals surface area contributed by atoms with Crippen molar-refractivity contribution in [2.75, 3.05) is 13.1 Å². The summed E-state index contributed by atoms with van der Waals surface area (Å²) in [6.07, 6.45) is 3.42. The predicted molar refractivity (Wildman–Crippen MR) is 52.5 cm³/mol. The quantitative estimate of drug-likeness (QED) is 0.794. The van der Waals surface area contributed by atoms with E-state index in [1.54, 1.807) is 0 Å². The van der Waals surface area contributed by atoms with Crippen molar-refractivity contribution >= 4 is 11.9 Å². The van der Waals surface area contributed by atoms with Crippen molar-refractivity contribution < 1.29 is 19.1 Å². The minimum absolute atomic E-state index is 0.280. The monoisotopic (exact) mass is 211 g/mol. The van der Waals surface area contributed by atoms with Crippen LogP contribution in [0, 0.1) is 0 Å². The van der Waals surface area contributed by atoms with Gasteiger partial charge in [0.25, 0.3) is 5.91 Å². The van der Waals surface area contributed by atoms with Gasteiger partial charge in [-0.1, -0.05) is 6.92 Å². The van der Waals surface area contributed by atoms with E-state index in [2.05, 4.69) is 0 Å². The Labute approximate surface area is 87.3 Å². The molecule has 0 unspecified atom stereocenters. The van der Waals surface area contributed by atoms with Crippen LogP contribution >= 0.6 is 0 Å². The molecular formula is C10H13NO4. The van der Waals surface area contributed by atoms with E-state index in [1.807, 2.05) is 6.92 Å². The number of carboxylic acids is 1. The first-order valence-corrected chi connectivity index (χ1v) is 4.68. The van der Waals surface area contributed by atoms with Crippen molar-refractivity contribution in [3.63, 3.8) is 0 Å². The van der Waals surface area contributed by atoms with Crippen LogP contribution in [0.2, 0.25) is 0 Å². The lowest BCUT2D eigenvalue weighted by molar-refractivity contribution is -0.137. The van der Waals surface area contributed by atoms with Crippen molar-refractivity contribution in [2.45, 2.75) is 13.3 Å². The van der Waals surface area contributed by atoms with Crippen LogP contribution in [0.25, 0.3) is 0 Å². The Balaban J connectivity index is 2.71. The van der Waals surface area contributed by atoms with Gasteiger partial charge in [-0.15, -0.1) is 0 Å². The largest absolute Gasteiger partial charge is 0.480 e. The van der Waals surface area contributed by atoms with Crippen LogP contribution in [0.3, 0.4) is 0 Å². The topological polar surface area (TPSA) is 70.8 Å². The van der Waals surface area contributed by atoms with Crippen molar-refractivity contribution in [3.05, 3.63) is 24.2 Å². The lowest BCUT2D eigenvalue weighted by Crippen LogP contribution is -2.36. The highest BCUT2D eigenvalue weighted by Gasteiger charge is 2.18. The summed E-state index contributed by atoms with van der Waals surface area (Å²) in [5.41, 5.74) is 0.379. The molecule has 1 aromatic heterocycles. The number of hydrogen-bond acceptors (Lipinski definition) is 3. The average molecular weight is 211 g/mol. The Hall–Kier alpha value is -1.78. The van der Waals surface area contributed by atoms with E-state index < -0.39 is 5.97 Å². The molecule has 1 rings (SSSR count). The molecule has 0 aliphatic carbocycles. The summed E-state index contributed by atoms with van der Waals surface area (Å²) < 4.78 is 4.77. The molecule has 0 saturated heterocycles. The molecular weight excluding hydrogens is 198 g/mol. The van der Waals surface area contributed by atoms with Gasteiger partial charge in [0, 0.05) is 6.54 Å². The summed E-state index contributed by atoms with van der Waals surface area (Å²) in [4.78, 5) is 23.6. The number of carbonyl (C=O) groups excluding carboxylic acids is 1. The number of carboxylic acid groups (broad SMARTS) is 1. The van der Waals surface area contributed by atoms with E-state index in [0.717, 1.165) is 6.42 Å². The van der Waals surface area contributed by atoms with Gasteiger partial charge in [0.05, 0.1) is 11.8 Å². The Morgan fingerprint density at radius 1 is 1.53 bits per heavy atom. The van der Waals surface area contributed by atoms with Crippen LogP contribution in [0.5, 0.6) is 0 Å². The van der Waals surface area contributed by atoms with Gasteiger partial charge < -0.3 is 14.4 Å². The first-order chi connectivity index (χ1) is 7.15. The first kappa shape index (κ1) is 11.3. The number of rotatable bonds is 5. The second kappa shape index (κ2) is 5.19. The van der Waals surface area contributed by atoms with Crippen molar-refractivity contribution in [1.82, 2.24) is 4.90 Å². The number of carbonyl (C=O) groups is 2. The van der Waals surface area contributed by atoms with Crippen molar-refractivity contribution in [1.29, 1.82) is 0 Å².